The molecular weight excluding hydrogens is 526 g/mol. The van der Waals surface area contributed by atoms with Crippen LogP contribution >= 0.6 is 22.9 Å². The molecular formula is C37H24ClNS. The predicted molar refractivity (Wildman–Crippen MR) is 173 cm³/mol. The summed E-state index contributed by atoms with van der Waals surface area (Å²) in [5.41, 5.74) is 11.4. The molecule has 190 valence electrons. The molecule has 0 fully saturated rings. The van der Waals surface area contributed by atoms with Crippen LogP contribution in [0.15, 0.2) is 133 Å². The van der Waals surface area contributed by atoms with Crippen molar-refractivity contribution in [1.82, 2.24) is 0 Å². The van der Waals surface area contributed by atoms with Crippen LogP contribution in [0, 0.1) is 0 Å². The predicted octanol–water partition coefficient (Wildman–Crippen LogP) is 11.4. The Morgan fingerprint density at radius 1 is 0.550 bits per heavy atom. The first kappa shape index (κ1) is 23.5. The Kier molecular flexibility index (Phi) is 5.51. The highest BCUT2D eigenvalue weighted by Crippen LogP contribution is 2.47. The summed E-state index contributed by atoms with van der Waals surface area (Å²) in [6, 6.07) is 48.1. The molecule has 0 radical (unpaired) electrons. The van der Waals surface area contributed by atoms with Gasteiger partial charge < -0.3 is 4.90 Å². The largest absolute Gasteiger partial charge is 0.310 e. The van der Waals surface area contributed by atoms with Crippen molar-refractivity contribution in [2.24, 2.45) is 0 Å². The first-order valence-corrected chi connectivity index (χ1v) is 14.7. The number of rotatable bonds is 4. The molecule has 8 rings (SSSR count). The van der Waals surface area contributed by atoms with Gasteiger partial charge in [-0.05, 0) is 81.9 Å². The van der Waals surface area contributed by atoms with E-state index in [1.165, 1.54) is 59.2 Å². The smallest absolute Gasteiger partial charge is 0.0503 e. The Labute approximate surface area is 242 Å². The van der Waals surface area contributed by atoms with Crippen LogP contribution in [0.4, 0.5) is 17.1 Å². The van der Waals surface area contributed by atoms with Gasteiger partial charge in [-0.15, -0.1) is 11.3 Å². The van der Waals surface area contributed by atoms with Gasteiger partial charge in [0.1, 0.15) is 0 Å². The molecule has 0 saturated heterocycles. The molecule has 7 aromatic rings. The second-order valence-corrected chi connectivity index (χ2v) is 11.8. The van der Waals surface area contributed by atoms with Crippen molar-refractivity contribution in [3.63, 3.8) is 0 Å². The van der Waals surface area contributed by atoms with E-state index in [1.54, 1.807) is 11.3 Å². The summed E-state index contributed by atoms with van der Waals surface area (Å²) in [6.07, 6.45) is 0.933. The normalized spacial score (nSPS) is 12.0. The summed E-state index contributed by atoms with van der Waals surface area (Å²) in [6.45, 7) is 0. The van der Waals surface area contributed by atoms with E-state index >= 15 is 0 Å². The van der Waals surface area contributed by atoms with Gasteiger partial charge >= 0.3 is 0 Å². The first-order chi connectivity index (χ1) is 19.7. The van der Waals surface area contributed by atoms with Crippen molar-refractivity contribution in [1.29, 1.82) is 0 Å². The molecule has 1 nitrogen and oxygen atoms in total. The molecule has 1 heterocycles. The zero-order valence-electron chi connectivity index (χ0n) is 21.6. The standard InChI is InChI=1S/C37H24ClNS/c38-27-15-19-32-34-23-29(18-20-36(34)40-37(32)22-27)39(28-16-13-25(14-17-28)24-7-2-1-3-8-24)35-12-6-11-31-30-10-5-4-9-26(30)21-33(31)35/h1-20,22-23H,21H2. The first-order valence-electron chi connectivity index (χ1n) is 13.5. The average molecular weight is 550 g/mol. The Bertz CT molecular complexity index is 2040. The molecule has 0 bridgehead atoms. The van der Waals surface area contributed by atoms with Crippen LogP contribution in [0.25, 0.3) is 42.4 Å². The Balaban J connectivity index is 1.33. The highest BCUT2D eigenvalue weighted by atomic mass is 35.5. The van der Waals surface area contributed by atoms with Crippen molar-refractivity contribution in [3.05, 3.63) is 150 Å². The second kappa shape index (κ2) is 9.38. The van der Waals surface area contributed by atoms with E-state index in [0.29, 0.717) is 0 Å². The number of hydrogen-bond acceptors (Lipinski definition) is 2. The van der Waals surface area contributed by atoms with Gasteiger partial charge in [-0.1, -0.05) is 96.5 Å². The highest BCUT2D eigenvalue weighted by molar-refractivity contribution is 7.25. The molecule has 1 aliphatic rings. The monoisotopic (exact) mass is 549 g/mol. The van der Waals surface area contributed by atoms with Gasteiger partial charge in [-0.3, -0.25) is 0 Å². The van der Waals surface area contributed by atoms with Crippen LogP contribution < -0.4 is 4.90 Å². The lowest BCUT2D eigenvalue weighted by molar-refractivity contribution is 1.20. The lowest BCUT2D eigenvalue weighted by atomic mass is 10.0. The molecule has 0 spiro atoms. The Hall–Kier alpha value is -4.37. The van der Waals surface area contributed by atoms with E-state index in [9.17, 15) is 0 Å². The van der Waals surface area contributed by atoms with Crippen LogP contribution in [-0.4, -0.2) is 0 Å². The third kappa shape index (κ3) is 3.83. The number of halogens is 1. The molecule has 0 amide bonds. The van der Waals surface area contributed by atoms with E-state index in [2.05, 4.69) is 132 Å². The van der Waals surface area contributed by atoms with Crippen molar-refractivity contribution in [2.45, 2.75) is 6.42 Å². The number of hydrogen-bond donors (Lipinski definition) is 0. The minimum atomic E-state index is 0.777. The zero-order chi connectivity index (χ0) is 26.6. The molecule has 0 unspecified atom stereocenters. The molecule has 3 heteroatoms. The van der Waals surface area contributed by atoms with Crippen LogP contribution in [0.1, 0.15) is 11.1 Å². The van der Waals surface area contributed by atoms with Gasteiger partial charge in [0.25, 0.3) is 0 Å². The van der Waals surface area contributed by atoms with Crippen LogP contribution in [0.2, 0.25) is 5.02 Å². The van der Waals surface area contributed by atoms with E-state index in [-0.39, 0.29) is 0 Å². The molecule has 1 aromatic heterocycles. The highest BCUT2D eigenvalue weighted by Gasteiger charge is 2.25. The van der Waals surface area contributed by atoms with Gasteiger partial charge in [0, 0.05) is 43.0 Å². The van der Waals surface area contributed by atoms with E-state index in [0.717, 1.165) is 22.8 Å². The fourth-order valence-electron chi connectivity index (χ4n) is 6.09. The number of thiophene rings is 1. The second-order valence-electron chi connectivity index (χ2n) is 10.3. The van der Waals surface area contributed by atoms with Crippen LogP contribution in [0.3, 0.4) is 0 Å². The number of fused-ring (bicyclic) bond motifs is 6. The van der Waals surface area contributed by atoms with E-state index in [1.807, 2.05) is 6.07 Å². The van der Waals surface area contributed by atoms with Gasteiger partial charge in [0.2, 0.25) is 0 Å². The third-order valence-corrected chi connectivity index (χ3v) is 9.34. The fourth-order valence-corrected chi connectivity index (χ4v) is 7.45. The maximum Gasteiger partial charge on any atom is 0.0503 e. The summed E-state index contributed by atoms with van der Waals surface area (Å²) in [7, 11) is 0. The SMILES string of the molecule is Clc1ccc2c(c1)sc1ccc(N(c3ccc(-c4ccccc4)cc3)c3cccc4c3Cc3ccccc3-4)cc12. The molecule has 6 aromatic carbocycles. The summed E-state index contributed by atoms with van der Waals surface area (Å²) in [5, 5.41) is 3.28. The summed E-state index contributed by atoms with van der Waals surface area (Å²) < 4.78 is 2.49. The van der Waals surface area contributed by atoms with Crippen molar-refractivity contribution < 1.29 is 0 Å². The van der Waals surface area contributed by atoms with E-state index in [4.69, 9.17) is 11.6 Å². The van der Waals surface area contributed by atoms with Gasteiger partial charge in [0.15, 0.2) is 0 Å². The summed E-state index contributed by atoms with van der Waals surface area (Å²) in [4.78, 5) is 2.43. The Morgan fingerprint density at radius 3 is 2.17 bits per heavy atom. The van der Waals surface area contributed by atoms with Crippen molar-refractivity contribution >= 4 is 60.2 Å². The molecule has 0 aliphatic heterocycles. The molecule has 40 heavy (non-hydrogen) atoms. The van der Waals surface area contributed by atoms with Crippen molar-refractivity contribution in [3.8, 4) is 22.3 Å². The lowest BCUT2D eigenvalue weighted by Crippen LogP contribution is -2.12. The molecule has 1 aliphatic carbocycles. The molecule has 0 N–H and O–H groups in total. The fraction of sp³-hybridized carbons (Fsp3) is 0.0270. The topological polar surface area (TPSA) is 3.24 Å². The Morgan fingerprint density at radius 2 is 1.30 bits per heavy atom. The van der Waals surface area contributed by atoms with Gasteiger partial charge in [0.05, 0.1) is 5.69 Å². The zero-order valence-corrected chi connectivity index (χ0v) is 23.2. The molecule has 0 atom stereocenters. The summed E-state index contributed by atoms with van der Waals surface area (Å²) >= 11 is 8.13. The molecule has 0 saturated carbocycles. The number of anilines is 3. The minimum absolute atomic E-state index is 0.777. The maximum absolute atomic E-state index is 6.34. The van der Waals surface area contributed by atoms with Crippen molar-refractivity contribution in [2.75, 3.05) is 4.90 Å². The lowest BCUT2D eigenvalue weighted by Gasteiger charge is -2.28. The quantitative estimate of drug-likeness (QED) is 0.211. The van der Waals surface area contributed by atoms with Crippen LogP contribution in [-0.2, 0) is 6.42 Å². The number of nitrogens with zero attached hydrogens (tertiary/aromatic N) is 1. The van der Waals surface area contributed by atoms with Gasteiger partial charge in [-0.2, -0.15) is 0 Å². The van der Waals surface area contributed by atoms with E-state index < -0.39 is 0 Å². The summed E-state index contributed by atoms with van der Waals surface area (Å²) in [5.74, 6) is 0. The third-order valence-electron chi connectivity index (χ3n) is 7.97. The maximum atomic E-state index is 6.34. The van der Waals surface area contributed by atoms with Gasteiger partial charge in [-0.25, -0.2) is 0 Å². The average Bonchev–Trinajstić information content (AvgIpc) is 3.56. The van der Waals surface area contributed by atoms with Crippen LogP contribution in [0.5, 0.6) is 0 Å². The minimum Gasteiger partial charge on any atom is -0.310 e. The number of benzene rings is 6.